The lowest BCUT2D eigenvalue weighted by molar-refractivity contribution is -0.146. The van der Waals surface area contributed by atoms with Crippen molar-refractivity contribution < 1.29 is 9.53 Å². The summed E-state index contributed by atoms with van der Waals surface area (Å²) in [4.78, 5) is 10.8. The van der Waals surface area contributed by atoms with E-state index in [1.54, 1.807) is 0 Å². The Morgan fingerprint density at radius 1 is 1.46 bits per heavy atom. The van der Waals surface area contributed by atoms with Crippen LogP contribution in [-0.2, 0) is 9.53 Å². The van der Waals surface area contributed by atoms with Gasteiger partial charge in [-0.25, -0.2) is 0 Å². The third-order valence-electron chi connectivity index (χ3n) is 1.55. The lowest BCUT2D eigenvalue weighted by atomic mass is 10.1. The first kappa shape index (κ1) is 13.3. The number of alkyl halides is 3. The molecule has 0 aromatic carbocycles. The van der Waals surface area contributed by atoms with E-state index in [2.05, 4.69) is 0 Å². The van der Waals surface area contributed by atoms with Crippen LogP contribution in [0.5, 0.6) is 0 Å². The summed E-state index contributed by atoms with van der Waals surface area (Å²) in [5, 5.41) is -0.158. The van der Waals surface area contributed by atoms with Crippen molar-refractivity contribution in [2.45, 2.75) is 31.2 Å². The average Bonchev–Trinajstić information content (AvgIpc) is 2.16. The zero-order valence-electron chi connectivity index (χ0n) is 7.43. The largest absolute Gasteiger partial charge is 0.461 e. The van der Waals surface area contributed by atoms with Crippen LogP contribution in [0.1, 0.15) is 19.8 Å². The Kier molecular flexibility index (Phi) is 7.92. The second-order valence-electron chi connectivity index (χ2n) is 2.64. The maximum absolute atomic E-state index is 10.8. The van der Waals surface area contributed by atoms with Crippen LogP contribution in [-0.4, -0.2) is 29.2 Å². The quantitative estimate of drug-likeness (QED) is 0.533. The molecular weight excluding hydrogens is 234 g/mol. The fourth-order valence-electron chi connectivity index (χ4n) is 0.864. The van der Waals surface area contributed by atoms with Gasteiger partial charge in [0.15, 0.2) is 0 Å². The number of esters is 1. The molecule has 2 nitrogen and oxygen atoms in total. The molecule has 0 amide bonds. The Bertz CT molecular complexity index is 152. The van der Waals surface area contributed by atoms with Crippen molar-refractivity contribution in [2.75, 3.05) is 11.8 Å². The molecule has 0 aromatic rings. The number of hydrogen-bond donors (Lipinski definition) is 0. The summed E-state index contributed by atoms with van der Waals surface area (Å²) in [6.45, 7) is 1.92. The molecule has 2 unspecified atom stereocenters. The van der Waals surface area contributed by atoms with E-state index >= 15 is 0 Å². The molecule has 0 aromatic heterocycles. The van der Waals surface area contributed by atoms with Gasteiger partial charge >= 0.3 is 5.97 Å². The molecule has 0 bridgehead atoms. The Morgan fingerprint density at radius 3 is 2.46 bits per heavy atom. The zero-order valence-corrected chi connectivity index (χ0v) is 9.70. The van der Waals surface area contributed by atoms with Crippen molar-refractivity contribution in [3.05, 3.63) is 0 Å². The first-order chi connectivity index (χ1) is 6.13. The lowest BCUT2D eigenvalue weighted by Gasteiger charge is -2.17. The summed E-state index contributed by atoms with van der Waals surface area (Å²) < 4.78 is 5.01. The highest BCUT2D eigenvalue weighted by molar-refractivity contribution is 6.28. The molecule has 0 aliphatic carbocycles. The van der Waals surface area contributed by atoms with Gasteiger partial charge in [-0.15, -0.1) is 34.8 Å². The molecule has 0 radical (unpaired) electrons. The predicted molar refractivity (Wildman–Crippen MR) is 55.9 cm³/mol. The molecule has 0 rings (SSSR count). The number of ether oxygens (including phenoxy) is 1. The fourth-order valence-corrected chi connectivity index (χ4v) is 1.25. The van der Waals surface area contributed by atoms with Crippen molar-refractivity contribution in [3.63, 3.8) is 0 Å². The van der Waals surface area contributed by atoms with Gasteiger partial charge in [0.2, 0.25) is 0 Å². The van der Waals surface area contributed by atoms with Crippen LogP contribution in [0, 0.1) is 0 Å². The topological polar surface area (TPSA) is 26.3 Å². The van der Waals surface area contributed by atoms with E-state index in [1.807, 2.05) is 6.92 Å². The third kappa shape index (κ3) is 6.42. The molecule has 0 saturated heterocycles. The Balaban J connectivity index is 3.81. The van der Waals surface area contributed by atoms with Crippen LogP contribution < -0.4 is 0 Å². The minimum absolute atomic E-state index is 0.121. The monoisotopic (exact) mass is 246 g/mol. The standard InChI is InChI=1S/C8H13Cl3O2/c1-2-7(3-6(11)4-9)13-8(12)5-10/h6-7H,2-5H2,1H3. The molecule has 2 atom stereocenters. The van der Waals surface area contributed by atoms with E-state index in [0.29, 0.717) is 12.3 Å². The first-order valence-electron chi connectivity index (χ1n) is 4.09. The van der Waals surface area contributed by atoms with Crippen LogP contribution >= 0.6 is 34.8 Å². The smallest absolute Gasteiger partial charge is 0.321 e. The minimum atomic E-state index is -0.410. The minimum Gasteiger partial charge on any atom is -0.461 e. The second-order valence-corrected chi connectivity index (χ2v) is 3.83. The van der Waals surface area contributed by atoms with Crippen molar-refractivity contribution >= 4 is 40.8 Å². The first-order valence-corrected chi connectivity index (χ1v) is 5.60. The van der Waals surface area contributed by atoms with Crippen molar-refractivity contribution in [3.8, 4) is 0 Å². The highest BCUT2D eigenvalue weighted by Crippen LogP contribution is 2.13. The van der Waals surface area contributed by atoms with Gasteiger partial charge in [0.1, 0.15) is 12.0 Å². The van der Waals surface area contributed by atoms with Gasteiger partial charge in [0.25, 0.3) is 0 Å². The van der Waals surface area contributed by atoms with Crippen LogP contribution in [0.3, 0.4) is 0 Å². The SMILES string of the molecule is CCC(CC(Cl)CCl)OC(=O)CCl. The molecule has 78 valence electrons. The van der Waals surface area contributed by atoms with Gasteiger partial charge in [-0.1, -0.05) is 6.92 Å². The molecule has 0 aliphatic rings. The molecule has 0 saturated carbocycles. The maximum atomic E-state index is 10.8. The van der Waals surface area contributed by atoms with E-state index < -0.39 is 5.97 Å². The van der Waals surface area contributed by atoms with E-state index in [0.717, 1.165) is 6.42 Å². The molecular formula is C8H13Cl3O2. The second kappa shape index (κ2) is 7.72. The van der Waals surface area contributed by atoms with Gasteiger partial charge in [-0.05, 0) is 6.42 Å². The average molecular weight is 248 g/mol. The summed E-state index contributed by atoms with van der Waals surface area (Å²) in [6, 6.07) is 0. The number of carbonyl (C=O) groups excluding carboxylic acids is 1. The van der Waals surface area contributed by atoms with Gasteiger partial charge in [-0.2, -0.15) is 0 Å². The lowest BCUT2D eigenvalue weighted by Crippen LogP contribution is -2.22. The molecule has 0 fully saturated rings. The summed E-state index contributed by atoms with van der Waals surface area (Å²) in [5.74, 6) is -0.173. The number of carbonyl (C=O) groups is 1. The summed E-state index contributed by atoms with van der Waals surface area (Å²) >= 11 is 16.6. The van der Waals surface area contributed by atoms with Crippen LogP contribution in [0.2, 0.25) is 0 Å². The van der Waals surface area contributed by atoms with Crippen LogP contribution in [0.15, 0.2) is 0 Å². The Hall–Kier alpha value is 0.340. The highest BCUT2D eigenvalue weighted by Gasteiger charge is 2.15. The maximum Gasteiger partial charge on any atom is 0.321 e. The molecule has 0 spiro atoms. The van der Waals surface area contributed by atoms with Gasteiger partial charge in [0, 0.05) is 12.3 Å². The van der Waals surface area contributed by atoms with Crippen LogP contribution in [0.4, 0.5) is 0 Å². The third-order valence-corrected chi connectivity index (χ3v) is 2.63. The van der Waals surface area contributed by atoms with Crippen LogP contribution in [0.25, 0.3) is 0 Å². The fraction of sp³-hybridized carbons (Fsp3) is 0.875. The molecule has 0 heterocycles. The Labute approximate surface area is 93.5 Å². The molecule has 13 heavy (non-hydrogen) atoms. The van der Waals surface area contributed by atoms with E-state index in [4.69, 9.17) is 39.5 Å². The predicted octanol–water partition coefficient (Wildman–Crippen LogP) is 2.78. The summed E-state index contributed by atoms with van der Waals surface area (Å²) in [6.07, 6.45) is 1.12. The van der Waals surface area contributed by atoms with Gasteiger partial charge in [-0.3, -0.25) is 4.79 Å². The summed E-state index contributed by atoms with van der Waals surface area (Å²) in [7, 11) is 0. The van der Waals surface area contributed by atoms with Gasteiger partial charge < -0.3 is 4.74 Å². The van der Waals surface area contributed by atoms with E-state index in [1.165, 1.54) is 0 Å². The van der Waals surface area contributed by atoms with E-state index in [9.17, 15) is 4.79 Å². The van der Waals surface area contributed by atoms with E-state index in [-0.39, 0.29) is 17.4 Å². The number of hydrogen-bond acceptors (Lipinski definition) is 2. The number of halogens is 3. The number of rotatable bonds is 6. The molecule has 5 heteroatoms. The van der Waals surface area contributed by atoms with Crippen molar-refractivity contribution in [1.82, 2.24) is 0 Å². The molecule has 0 N–H and O–H groups in total. The highest BCUT2D eigenvalue weighted by atomic mass is 35.5. The van der Waals surface area contributed by atoms with Crippen molar-refractivity contribution in [2.24, 2.45) is 0 Å². The van der Waals surface area contributed by atoms with Crippen molar-refractivity contribution in [1.29, 1.82) is 0 Å². The normalized spacial score (nSPS) is 15.1. The Morgan fingerprint density at radius 2 is 2.08 bits per heavy atom. The molecule has 0 aliphatic heterocycles. The van der Waals surface area contributed by atoms with Gasteiger partial charge in [0.05, 0.1) is 5.38 Å². The zero-order chi connectivity index (χ0) is 10.3. The summed E-state index contributed by atoms with van der Waals surface area (Å²) in [5.41, 5.74) is 0.